The number of nitrogens with one attached hydrogen (secondary N) is 1. The van der Waals surface area contributed by atoms with Crippen molar-refractivity contribution in [1.29, 1.82) is 0 Å². The van der Waals surface area contributed by atoms with Crippen LogP contribution in [0.1, 0.15) is 30.0 Å². The van der Waals surface area contributed by atoms with E-state index < -0.39 is 0 Å². The second-order valence-electron chi connectivity index (χ2n) is 7.13. The van der Waals surface area contributed by atoms with Gasteiger partial charge in [0.25, 0.3) is 5.89 Å². The summed E-state index contributed by atoms with van der Waals surface area (Å²) in [5, 5.41) is 8.07. The van der Waals surface area contributed by atoms with E-state index in [0.717, 1.165) is 16.8 Å². The Labute approximate surface area is 179 Å². The lowest BCUT2D eigenvalue weighted by atomic mass is 9.94. The molecular weight excluding hydrogens is 399 g/mol. The average molecular weight is 421 g/mol. The normalized spacial score (nSPS) is 16.6. The van der Waals surface area contributed by atoms with Crippen molar-refractivity contribution in [2.75, 3.05) is 6.54 Å². The molecule has 0 radical (unpaired) electrons. The summed E-state index contributed by atoms with van der Waals surface area (Å²) in [6.07, 6.45) is 1.79. The molecule has 0 saturated heterocycles. The fraction of sp³-hybridized carbons (Fsp3) is 0.174. The minimum atomic E-state index is -0.353. The van der Waals surface area contributed by atoms with E-state index in [1.807, 2.05) is 18.7 Å². The number of allylic oxidation sites excluding steroid dienone is 1. The number of hydrogen-bond donors (Lipinski definition) is 1. The Morgan fingerprint density at radius 2 is 2.00 bits per heavy atom. The van der Waals surface area contributed by atoms with Crippen molar-refractivity contribution >= 4 is 22.9 Å². The smallest absolute Gasteiger partial charge is 0.258 e. The standard InChI is InChI=1S/C23H21FN4OS/c1-4-12-28-15(3)19(20(25-23(28)30)16-10-8-14(2)9-11-16)22-26-21(27-29-22)17-6-5-7-18(24)13-17/h4-11,13,20H,1,12H2,2-3H3,(H,25,30). The van der Waals surface area contributed by atoms with Gasteiger partial charge >= 0.3 is 0 Å². The molecule has 7 heteroatoms. The van der Waals surface area contributed by atoms with Crippen molar-refractivity contribution in [3.05, 3.63) is 89.7 Å². The first-order valence-corrected chi connectivity index (χ1v) is 9.95. The van der Waals surface area contributed by atoms with E-state index in [0.29, 0.717) is 28.9 Å². The summed E-state index contributed by atoms with van der Waals surface area (Å²) in [5.74, 6) is 0.339. The minimum Gasteiger partial charge on any atom is -0.351 e. The van der Waals surface area contributed by atoms with Crippen molar-refractivity contribution in [1.82, 2.24) is 20.4 Å². The lowest BCUT2D eigenvalue weighted by molar-refractivity contribution is 0.399. The van der Waals surface area contributed by atoms with Crippen molar-refractivity contribution in [2.24, 2.45) is 0 Å². The van der Waals surface area contributed by atoms with Gasteiger partial charge in [-0.3, -0.25) is 0 Å². The zero-order valence-corrected chi connectivity index (χ0v) is 17.5. The molecular formula is C23H21FN4OS. The summed E-state index contributed by atoms with van der Waals surface area (Å²) in [6.45, 7) is 8.38. The monoisotopic (exact) mass is 420 g/mol. The van der Waals surface area contributed by atoms with Gasteiger partial charge in [-0.05, 0) is 43.8 Å². The van der Waals surface area contributed by atoms with E-state index in [9.17, 15) is 4.39 Å². The predicted molar refractivity (Wildman–Crippen MR) is 119 cm³/mol. The van der Waals surface area contributed by atoms with Crippen LogP contribution in [0.2, 0.25) is 0 Å². The van der Waals surface area contributed by atoms with Crippen LogP contribution in [0.15, 0.2) is 71.4 Å². The van der Waals surface area contributed by atoms with Crippen molar-refractivity contribution in [3.63, 3.8) is 0 Å². The zero-order valence-electron chi connectivity index (χ0n) is 16.7. The number of nitrogens with zero attached hydrogens (tertiary/aromatic N) is 3. The van der Waals surface area contributed by atoms with Gasteiger partial charge in [-0.1, -0.05) is 53.2 Å². The van der Waals surface area contributed by atoms with Crippen molar-refractivity contribution < 1.29 is 8.91 Å². The Hall–Kier alpha value is -3.32. The molecule has 4 rings (SSSR count). The number of halogens is 1. The Kier molecular flexibility index (Phi) is 5.46. The molecule has 0 saturated carbocycles. The second kappa shape index (κ2) is 8.20. The van der Waals surface area contributed by atoms with E-state index in [1.54, 1.807) is 18.2 Å². The van der Waals surface area contributed by atoms with Gasteiger partial charge in [-0.2, -0.15) is 4.98 Å². The maximum absolute atomic E-state index is 13.6. The molecule has 1 unspecified atom stereocenters. The predicted octanol–water partition coefficient (Wildman–Crippen LogP) is 5.03. The largest absolute Gasteiger partial charge is 0.351 e. The van der Waals surface area contributed by atoms with Crippen LogP contribution in [0.5, 0.6) is 0 Å². The third-order valence-electron chi connectivity index (χ3n) is 5.06. The van der Waals surface area contributed by atoms with Crippen LogP contribution in [0.4, 0.5) is 4.39 Å². The summed E-state index contributed by atoms with van der Waals surface area (Å²) in [4.78, 5) is 6.51. The van der Waals surface area contributed by atoms with Crippen molar-refractivity contribution in [2.45, 2.75) is 19.9 Å². The first-order chi connectivity index (χ1) is 14.5. The van der Waals surface area contributed by atoms with Crippen LogP contribution in [-0.2, 0) is 0 Å². The van der Waals surface area contributed by atoms with Crippen LogP contribution in [0.3, 0.4) is 0 Å². The van der Waals surface area contributed by atoms with Crippen LogP contribution >= 0.6 is 12.2 Å². The molecule has 2 aromatic carbocycles. The Balaban J connectivity index is 1.82. The molecule has 1 N–H and O–H groups in total. The first-order valence-electron chi connectivity index (χ1n) is 9.54. The lowest BCUT2D eigenvalue weighted by Crippen LogP contribution is -2.45. The minimum absolute atomic E-state index is 0.250. The number of aromatic nitrogens is 2. The zero-order chi connectivity index (χ0) is 21.3. The summed E-state index contributed by atoms with van der Waals surface area (Å²) >= 11 is 5.60. The maximum atomic E-state index is 13.6. The summed E-state index contributed by atoms with van der Waals surface area (Å²) in [7, 11) is 0. The Bertz CT molecular complexity index is 1140. The highest BCUT2D eigenvalue weighted by atomic mass is 32.1. The lowest BCUT2D eigenvalue weighted by Gasteiger charge is -2.36. The second-order valence-corrected chi connectivity index (χ2v) is 7.51. The molecule has 5 nitrogen and oxygen atoms in total. The number of hydrogen-bond acceptors (Lipinski definition) is 4. The van der Waals surface area contributed by atoms with Crippen LogP contribution in [0, 0.1) is 12.7 Å². The van der Waals surface area contributed by atoms with Crippen LogP contribution in [-0.4, -0.2) is 26.7 Å². The van der Waals surface area contributed by atoms with Crippen LogP contribution < -0.4 is 5.32 Å². The van der Waals surface area contributed by atoms with Gasteiger partial charge in [0.15, 0.2) is 5.11 Å². The van der Waals surface area contributed by atoms with Gasteiger partial charge in [0, 0.05) is 17.8 Å². The van der Waals surface area contributed by atoms with E-state index in [1.165, 1.54) is 17.7 Å². The summed E-state index contributed by atoms with van der Waals surface area (Å²) in [5.41, 5.74) is 4.47. The van der Waals surface area contributed by atoms with Gasteiger partial charge in [0.05, 0.1) is 11.6 Å². The molecule has 0 fully saturated rings. The first kappa shape index (κ1) is 20.0. The third kappa shape index (κ3) is 3.76. The highest BCUT2D eigenvalue weighted by Crippen LogP contribution is 2.37. The molecule has 1 aromatic heterocycles. The number of rotatable bonds is 5. The fourth-order valence-electron chi connectivity index (χ4n) is 3.49. The molecule has 30 heavy (non-hydrogen) atoms. The van der Waals surface area contributed by atoms with E-state index in [4.69, 9.17) is 16.7 Å². The highest BCUT2D eigenvalue weighted by Gasteiger charge is 2.33. The van der Waals surface area contributed by atoms with E-state index in [-0.39, 0.29) is 11.9 Å². The molecule has 1 aliphatic heterocycles. The molecule has 152 valence electrons. The SMILES string of the molecule is C=CCN1C(=S)NC(c2ccc(C)cc2)C(c2nc(-c3cccc(F)c3)no2)=C1C. The maximum Gasteiger partial charge on any atom is 0.258 e. The molecule has 0 aliphatic carbocycles. The number of benzene rings is 2. The molecule has 1 atom stereocenters. The van der Waals surface area contributed by atoms with Gasteiger partial charge in [-0.25, -0.2) is 4.39 Å². The molecule has 2 heterocycles. The third-order valence-corrected chi connectivity index (χ3v) is 5.40. The van der Waals surface area contributed by atoms with Gasteiger partial charge in [-0.15, -0.1) is 6.58 Å². The van der Waals surface area contributed by atoms with E-state index >= 15 is 0 Å². The summed E-state index contributed by atoms with van der Waals surface area (Å²) in [6, 6.07) is 14.1. The van der Waals surface area contributed by atoms with Crippen LogP contribution in [0.25, 0.3) is 17.0 Å². The van der Waals surface area contributed by atoms with Gasteiger partial charge in [0.2, 0.25) is 5.82 Å². The summed E-state index contributed by atoms with van der Waals surface area (Å²) < 4.78 is 19.3. The molecule has 1 aliphatic rings. The molecule has 0 spiro atoms. The van der Waals surface area contributed by atoms with Gasteiger partial charge in [0.1, 0.15) is 5.82 Å². The molecule has 0 bridgehead atoms. The molecule has 0 amide bonds. The fourth-order valence-corrected chi connectivity index (χ4v) is 3.82. The Morgan fingerprint density at radius 1 is 1.23 bits per heavy atom. The average Bonchev–Trinajstić information content (AvgIpc) is 3.21. The van der Waals surface area contributed by atoms with E-state index in [2.05, 4.69) is 46.3 Å². The molecule has 3 aromatic rings. The topological polar surface area (TPSA) is 54.2 Å². The Morgan fingerprint density at radius 3 is 2.70 bits per heavy atom. The quantitative estimate of drug-likeness (QED) is 0.461. The number of aryl methyl sites for hydroxylation is 1. The number of thiocarbonyl (C=S) groups is 1. The highest BCUT2D eigenvalue weighted by molar-refractivity contribution is 7.80. The van der Waals surface area contributed by atoms with Crippen molar-refractivity contribution in [3.8, 4) is 11.4 Å². The van der Waals surface area contributed by atoms with Gasteiger partial charge < -0.3 is 14.7 Å².